The molecular formula is C12H18N2O. The second kappa shape index (κ2) is 5.24. The van der Waals surface area contributed by atoms with Gasteiger partial charge in [-0.25, -0.2) is 0 Å². The minimum Gasteiger partial charge on any atom is -0.373 e. The number of nitrogens with zero attached hydrogens (tertiary/aromatic N) is 1. The van der Waals surface area contributed by atoms with E-state index in [1.807, 2.05) is 24.5 Å². The number of hydrogen-bond donors (Lipinski definition) is 1. The summed E-state index contributed by atoms with van der Waals surface area (Å²) in [6.07, 6.45) is 6.09. The van der Waals surface area contributed by atoms with Gasteiger partial charge in [0.05, 0.1) is 6.10 Å². The van der Waals surface area contributed by atoms with Crippen LogP contribution >= 0.6 is 0 Å². The Morgan fingerprint density at radius 2 is 2.27 bits per heavy atom. The average molecular weight is 206 g/mol. The fraction of sp³-hybridized carbons (Fsp3) is 0.583. The lowest BCUT2D eigenvalue weighted by molar-refractivity contribution is 0.000550. The molecule has 2 rings (SSSR count). The molecule has 1 aliphatic heterocycles. The lowest BCUT2D eigenvalue weighted by Crippen LogP contribution is -2.35. The Labute approximate surface area is 90.9 Å². The minimum atomic E-state index is 0.241. The van der Waals surface area contributed by atoms with Crippen LogP contribution in [0.1, 0.15) is 31.4 Å². The summed E-state index contributed by atoms with van der Waals surface area (Å²) < 4.78 is 5.77. The van der Waals surface area contributed by atoms with Gasteiger partial charge in [0.15, 0.2) is 0 Å². The summed E-state index contributed by atoms with van der Waals surface area (Å²) in [5, 5.41) is 3.49. The zero-order valence-electron chi connectivity index (χ0n) is 9.15. The van der Waals surface area contributed by atoms with Crippen molar-refractivity contribution in [3.05, 3.63) is 30.1 Å². The molecule has 0 spiro atoms. The van der Waals surface area contributed by atoms with Crippen molar-refractivity contribution in [2.75, 3.05) is 13.2 Å². The standard InChI is InChI=1S/C12H18N2O/c1-2-14-11-5-8-15-12(9-11)10-3-6-13-7-4-10/h3-4,6-7,11-12,14H,2,5,8-9H2,1H3. The third kappa shape index (κ3) is 2.76. The molecule has 1 aliphatic rings. The number of aromatic nitrogens is 1. The number of nitrogens with one attached hydrogen (secondary N) is 1. The topological polar surface area (TPSA) is 34.1 Å². The van der Waals surface area contributed by atoms with Crippen molar-refractivity contribution in [1.82, 2.24) is 10.3 Å². The minimum absolute atomic E-state index is 0.241. The number of ether oxygens (including phenoxy) is 1. The van der Waals surface area contributed by atoms with E-state index >= 15 is 0 Å². The third-order valence-electron chi connectivity index (χ3n) is 2.85. The molecule has 1 saturated heterocycles. The van der Waals surface area contributed by atoms with Gasteiger partial charge < -0.3 is 10.1 Å². The number of pyridine rings is 1. The zero-order chi connectivity index (χ0) is 10.5. The molecule has 1 aromatic heterocycles. The molecule has 0 amide bonds. The molecule has 15 heavy (non-hydrogen) atoms. The molecule has 0 aliphatic carbocycles. The molecule has 0 radical (unpaired) electrons. The second-order valence-electron chi connectivity index (χ2n) is 3.92. The van der Waals surface area contributed by atoms with Gasteiger partial charge in [0.1, 0.15) is 0 Å². The highest BCUT2D eigenvalue weighted by molar-refractivity contribution is 5.14. The SMILES string of the molecule is CCNC1CCOC(c2ccncc2)C1. The van der Waals surface area contributed by atoms with Crippen LogP contribution in [0.15, 0.2) is 24.5 Å². The van der Waals surface area contributed by atoms with Crippen LogP contribution in [0.2, 0.25) is 0 Å². The maximum absolute atomic E-state index is 5.77. The van der Waals surface area contributed by atoms with Gasteiger partial charge in [0, 0.05) is 25.0 Å². The Bertz CT molecular complexity index is 287. The lowest BCUT2D eigenvalue weighted by atomic mass is 9.98. The van der Waals surface area contributed by atoms with Crippen molar-refractivity contribution in [3.8, 4) is 0 Å². The summed E-state index contributed by atoms with van der Waals surface area (Å²) in [5.74, 6) is 0. The van der Waals surface area contributed by atoms with Gasteiger partial charge >= 0.3 is 0 Å². The Kier molecular flexibility index (Phi) is 3.69. The van der Waals surface area contributed by atoms with Crippen molar-refractivity contribution in [2.24, 2.45) is 0 Å². The lowest BCUT2D eigenvalue weighted by Gasteiger charge is -2.30. The van der Waals surface area contributed by atoms with Gasteiger partial charge in [-0.2, -0.15) is 0 Å². The highest BCUT2D eigenvalue weighted by Crippen LogP contribution is 2.27. The fourth-order valence-electron chi connectivity index (χ4n) is 2.08. The fourth-order valence-corrected chi connectivity index (χ4v) is 2.08. The maximum Gasteiger partial charge on any atom is 0.0840 e. The molecule has 1 aromatic rings. The van der Waals surface area contributed by atoms with Gasteiger partial charge in [-0.15, -0.1) is 0 Å². The molecule has 2 atom stereocenters. The van der Waals surface area contributed by atoms with Gasteiger partial charge in [-0.3, -0.25) is 4.98 Å². The average Bonchev–Trinajstić information content (AvgIpc) is 2.31. The molecule has 2 heterocycles. The molecular weight excluding hydrogens is 188 g/mol. The summed E-state index contributed by atoms with van der Waals surface area (Å²) in [5.41, 5.74) is 1.24. The highest BCUT2D eigenvalue weighted by Gasteiger charge is 2.22. The van der Waals surface area contributed by atoms with E-state index in [0.29, 0.717) is 6.04 Å². The van der Waals surface area contributed by atoms with E-state index in [0.717, 1.165) is 26.0 Å². The highest BCUT2D eigenvalue weighted by atomic mass is 16.5. The van der Waals surface area contributed by atoms with Crippen molar-refractivity contribution < 1.29 is 4.74 Å². The van der Waals surface area contributed by atoms with Crippen LogP contribution in [0.3, 0.4) is 0 Å². The van der Waals surface area contributed by atoms with E-state index < -0.39 is 0 Å². The zero-order valence-corrected chi connectivity index (χ0v) is 9.15. The van der Waals surface area contributed by atoms with Crippen LogP contribution < -0.4 is 5.32 Å². The van der Waals surface area contributed by atoms with Gasteiger partial charge in [0.2, 0.25) is 0 Å². The molecule has 1 fully saturated rings. The third-order valence-corrected chi connectivity index (χ3v) is 2.85. The van der Waals surface area contributed by atoms with E-state index in [4.69, 9.17) is 4.74 Å². The first-order valence-electron chi connectivity index (χ1n) is 5.65. The predicted molar refractivity (Wildman–Crippen MR) is 59.6 cm³/mol. The summed E-state index contributed by atoms with van der Waals surface area (Å²) >= 11 is 0. The molecule has 1 N–H and O–H groups in total. The summed E-state index contributed by atoms with van der Waals surface area (Å²) in [6.45, 7) is 4.04. The Morgan fingerprint density at radius 3 is 3.00 bits per heavy atom. The van der Waals surface area contributed by atoms with E-state index in [1.54, 1.807) is 0 Å². The number of hydrogen-bond acceptors (Lipinski definition) is 3. The Balaban J connectivity index is 1.98. The number of rotatable bonds is 3. The van der Waals surface area contributed by atoms with Crippen LogP contribution in [0, 0.1) is 0 Å². The Hall–Kier alpha value is -0.930. The molecule has 0 aromatic carbocycles. The normalized spacial score (nSPS) is 26.5. The molecule has 0 saturated carbocycles. The first-order chi connectivity index (χ1) is 7.40. The largest absolute Gasteiger partial charge is 0.373 e. The maximum atomic E-state index is 5.77. The van der Waals surface area contributed by atoms with Gasteiger partial charge in [-0.1, -0.05) is 6.92 Å². The monoisotopic (exact) mass is 206 g/mol. The van der Waals surface area contributed by atoms with E-state index in [-0.39, 0.29) is 6.10 Å². The van der Waals surface area contributed by atoms with E-state index in [1.165, 1.54) is 5.56 Å². The van der Waals surface area contributed by atoms with E-state index in [2.05, 4.69) is 17.2 Å². The molecule has 3 nitrogen and oxygen atoms in total. The smallest absolute Gasteiger partial charge is 0.0840 e. The van der Waals surface area contributed by atoms with Crippen LogP contribution in [0.25, 0.3) is 0 Å². The summed E-state index contributed by atoms with van der Waals surface area (Å²) in [7, 11) is 0. The first kappa shape index (κ1) is 10.6. The van der Waals surface area contributed by atoms with E-state index in [9.17, 15) is 0 Å². The predicted octanol–water partition coefficient (Wildman–Crippen LogP) is 1.91. The molecule has 2 unspecified atom stereocenters. The van der Waals surface area contributed by atoms with Crippen LogP contribution in [0.4, 0.5) is 0 Å². The molecule has 82 valence electrons. The van der Waals surface area contributed by atoms with Crippen molar-refractivity contribution in [1.29, 1.82) is 0 Å². The van der Waals surface area contributed by atoms with Crippen LogP contribution in [-0.2, 0) is 4.74 Å². The molecule has 3 heteroatoms. The van der Waals surface area contributed by atoms with Crippen molar-refractivity contribution >= 4 is 0 Å². The Morgan fingerprint density at radius 1 is 1.47 bits per heavy atom. The van der Waals surface area contributed by atoms with Crippen molar-refractivity contribution in [2.45, 2.75) is 31.9 Å². The van der Waals surface area contributed by atoms with Gasteiger partial charge in [-0.05, 0) is 37.1 Å². The summed E-state index contributed by atoms with van der Waals surface area (Å²) in [4.78, 5) is 4.02. The summed E-state index contributed by atoms with van der Waals surface area (Å²) in [6, 6.07) is 4.68. The van der Waals surface area contributed by atoms with Crippen molar-refractivity contribution in [3.63, 3.8) is 0 Å². The quantitative estimate of drug-likeness (QED) is 0.820. The molecule has 0 bridgehead atoms. The first-order valence-corrected chi connectivity index (χ1v) is 5.65. The van der Waals surface area contributed by atoms with Crippen LogP contribution in [0.5, 0.6) is 0 Å². The second-order valence-corrected chi connectivity index (χ2v) is 3.92. The van der Waals surface area contributed by atoms with Crippen LogP contribution in [-0.4, -0.2) is 24.2 Å². The van der Waals surface area contributed by atoms with Gasteiger partial charge in [0.25, 0.3) is 0 Å².